The second-order valence-electron chi connectivity index (χ2n) is 4.24. The van der Waals surface area contributed by atoms with E-state index >= 15 is 0 Å². The Kier molecular flexibility index (Phi) is 4.22. The molecule has 0 aromatic carbocycles. The van der Waals surface area contributed by atoms with E-state index in [1.807, 2.05) is 17.7 Å². The lowest BCUT2D eigenvalue weighted by Gasteiger charge is -2.16. The van der Waals surface area contributed by atoms with E-state index in [2.05, 4.69) is 15.3 Å². The van der Waals surface area contributed by atoms with Crippen LogP contribution in [-0.2, 0) is 9.47 Å². The largest absolute Gasteiger partial charge is 0.385 e. The fraction of sp³-hybridized carbons (Fsp3) is 0.583. The van der Waals surface area contributed by atoms with Gasteiger partial charge in [0.2, 0.25) is 0 Å². The third-order valence-corrected chi connectivity index (χ3v) is 2.85. The molecule has 6 heteroatoms. The number of pyridine rings is 1. The lowest BCUT2D eigenvalue weighted by Crippen LogP contribution is -2.18. The van der Waals surface area contributed by atoms with Crippen LogP contribution < -0.4 is 0 Å². The van der Waals surface area contributed by atoms with Gasteiger partial charge in [-0.2, -0.15) is 0 Å². The molecular weight excluding hydrogens is 232 g/mol. The van der Waals surface area contributed by atoms with Crippen LogP contribution in [0.3, 0.4) is 0 Å². The first-order chi connectivity index (χ1) is 8.76. The highest BCUT2D eigenvalue weighted by atomic mass is 16.5. The quantitative estimate of drug-likeness (QED) is 0.774. The standard InChI is InChI=1S/C12H18N4O2/c1-9-6-12-11(7-13-9)14-15-16(12)10(8-18-3)4-5-17-2/h6-7,10H,4-5,8H2,1-3H3. The highest BCUT2D eigenvalue weighted by Crippen LogP contribution is 2.18. The molecule has 0 fully saturated rings. The highest BCUT2D eigenvalue weighted by molar-refractivity contribution is 5.73. The van der Waals surface area contributed by atoms with Crippen LogP contribution in [-0.4, -0.2) is 47.4 Å². The number of methoxy groups -OCH3 is 2. The minimum Gasteiger partial charge on any atom is -0.385 e. The number of aromatic nitrogens is 4. The number of hydrogen-bond acceptors (Lipinski definition) is 5. The molecule has 0 aliphatic heterocycles. The molecule has 2 aromatic rings. The highest BCUT2D eigenvalue weighted by Gasteiger charge is 2.15. The molecule has 1 unspecified atom stereocenters. The Morgan fingerprint density at radius 1 is 1.33 bits per heavy atom. The van der Waals surface area contributed by atoms with Gasteiger partial charge in [-0.15, -0.1) is 5.10 Å². The van der Waals surface area contributed by atoms with E-state index in [9.17, 15) is 0 Å². The Labute approximate surface area is 106 Å². The molecule has 0 saturated carbocycles. The van der Waals surface area contributed by atoms with Crippen LogP contribution in [0.25, 0.3) is 11.0 Å². The van der Waals surface area contributed by atoms with Crippen LogP contribution in [0.4, 0.5) is 0 Å². The molecule has 2 heterocycles. The van der Waals surface area contributed by atoms with Gasteiger partial charge < -0.3 is 9.47 Å². The summed E-state index contributed by atoms with van der Waals surface area (Å²) in [5.74, 6) is 0. The van der Waals surface area contributed by atoms with Crippen LogP contribution in [0.15, 0.2) is 12.3 Å². The summed E-state index contributed by atoms with van der Waals surface area (Å²) in [5.41, 5.74) is 2.74. The van der Waals surface area contributed by atoms with Crippen LogP contribution in [0.5, 0.6) is 0 Å². The summed E-state index contributed by atoms with van der Waals surface area (Å²) < 4.78 is 12.3. The number of rotatable bonds is 6. The van der Waals surface area contributed by atoms with E-state index in [1.165, 1.54) is 0 Å². The van der Waals surface area contributed by atoms with Crippen molar-refractivity contribution in [1.82, 2.24) is 20.0 Å². The smallest absolute Gasteiger partial charge is 0.131 e. The third kappa shape index (κ3) is 2.65. The summed E-state index contributed by atoms with van der Waals surface area (Å²) in [5, 5.41) is 8.32. The molecule has 6 nitrogen and oxygen atoms in total. The lowest BCUT2D eigenvalue weighted by molar-refractivity contribution is 0.117. The maximum Gasteiger partial charge on any atom is 0.131 e. The number of fused-ring (bicyclic) bond motifs is 1. The van der Waals surface area contributed by atoms with Crippen LogP contribution in [0, 0.1) is 6.92 Å². The first-order valence-electron chi connectivity index (χ1n) is 5.91. The average molecular weight is 250 g/mol. The summed E-state index contributed by atoms with van der Waals surface area (Å²) in [6, 6.07) is 2.12. The van der Waals surface area contributed by atoms with Gasteiger partial charge in [-0.3, -0.25) is 4.98 Å². The predicted octanol–water partition coefficient (Wildman–Crippen LogP) is 1.36. The van der Waals surface area contributed by atoms with E-state index in [0.717, 1.165) is 23.1 Å². The number of ether oxygens (including phenoxy) is 2. The van der Waals surface area contributed by atoms with E-state index in [1.54, 1.807) is 20.4 Å². The van der Waals surface area contributed by atoms with Crippen molar-refractivity contribution in [2.45, 2.75) is 19.4 Å². The Balaban J connectivity index is 2.33. The Bertz CT molecular complexity index is 512. The lowest BCUT2D eigenvalue weighted by atomic mass is 10.2. The molecule has 0 spiro atoms. The molecule has 0 N–H and O–H groups in total. The van der Waals surface area contributed by atoms with E-state index < -0.39 is 0 Å². The van der Waals surface area contributed by atoms with Crippen molar-refractivity contribution >= 4 is 11.0 Å². The van der Waals surface area contributed by atoms with Gasteiger partial charge in [0.15, 0.2) is 0 Å². The maximum absolute atomic E-state index is 5.24. The van der Waals surface area contributed by atoms with E-state index in [0.29, 0.717) is 13.2 Å². The summed E-state index contributed by atoms with van der Waals surface area (Å²) in [4.78, 5) is 4.22. The van der Waals surface area contributed by atoms with Gasteiger partial charge in [0.25, 0.3) is 0 Å². The average Bonchev–Trinajstić information content (AvgIpc) is 2.77. The van der Waals surface area contributed by atoms with E-state index in [-0.39, 0.29) is 6.04 Å². The molecule has 1 atom stereocenters. The number of aryl methyl sites for hydroxylation is 1. The number of hydrogen-bond donors (Lipinski definition) is 0. The van der Waals surface area contributed by atoms with Gasteiger partial charge in [-0.05, 0) is 19.4 Å². The van der Waals surface area contributed by atoms with Crippen molar-refractivity contribution in [2.75, 3.05) is 27.4 Å². The first kappa shape index (κ1) is 12.9. The summed E-state index contributed by atoms with van der Waals surface area (Å²) in [7, 11) is 3.38. The van der Waals surface area contributed by atoms with Gasteiger partial charge >= 0.3 is 0 Å². The summed E-state index contributed by atoms with van der Waals surface area (Å²) in [6.45, 7) is 3.21. The first-order valence-corrected chi connectivity index (χ1v) is 5.91. The van der Waals surface area contributed by atoms with Crippen LogP contribution in [0.1, 0.15) is 18.2 Å². The Morgan fingerprint density at radius 2 is 2.17 bits per heavy atom. The molecule has 0 radical (unpaired) electrons. The predicted molar refractivity (Wildman–Crippen MR) is 67.5 cm³/mol. The van der Waals surface area contributed by atoms with Crippen LogP contribution in [0.2, 0.25) is 0 Å². The maximum atomic E-state index is 5.24. The molecule has 0 saturated heterocycles. The third-order valence-electron chi connectivity index (χ3n) is 2.85. The summed E-state index contributed by atoms with van der Waals surface area (Å²) >= 11 is 0. The minimum absolute atomic E-state index is 0.127. The summed E-state index contributed by atoms with van der Waals surface area (Å²) in [6.07, 6.45) is 2.58. The van der Waals surface area contributed by atoms with Crippen molar-refractivity contribution in [3.63, 3.8) is 0 Å². The monoisotopic (exact) mass is 250 g/mol. The second-order valence-corrected chi connectivity index (χ2v) is 4.24. The fourth-order valence-electron chi connectivity index (χ4n) is 1.94. The van der Waals surface area contributed by atoms with Gasteiger partial charge in [0, 0.05) is 26.5 Å². The minimum atomic E-state index is 0.127. The molecule has 0 aliphatic rings. The van der Waals surface area contributed by atoms with Crippen molar-refractivity contribution < 1.29 is 9.47 Å². The normalized spacial score (nSPS) is 13.1. The van der Waals surface area contributed by atoms with Gasteiger partial charge in [0.05, 0.1) is 24.4 Å². The van der Waals surface area contributed by atoms with Crippen molar-refractivity contribution in [3.8, 4) is 0 Å². The Morgan fingerprint density at radius 3 is 2.89 bits per heavy atom. The topological polar surface area (TPSA) is 62.1 Å². The van der Waals surface area contributed by atoms with Crippen molar-refractivity contribution in [1.29, 1.82) is 0 Å². The molecule has 98 valence electrons. The Hall–Kier alpha value is -1.53. The zero-order valence-electron chi connectivity index (χ0n) is 11.0. The van der Waals surface area contributed by atoms with E-state index in [4.69, 9.17) is 9.47 Å². The SMILES string of the molecule is COCCC(COC)n1nnc2cnc(C)cc21. The molecule has 0 bridgehead atoms. The molecule has 18 heavy (non-hydrogen) atoms. The fourth-order valence-corrected chi connectivity index (χ4v) is 1.94. The van der Waals surface area contributed by atoms with Gasteiger partial charge in [-0.1, -0.05) is 5.21 Å². The van der Waals surface area contributed by atoms with Crippen molar-refractivity contribution in [2.24, 2.45) is 0 Å². The molecule has 0 amide bonds. The van der Waals surface area contributed by atoms with Crippen LogP contribution >= 0.6 is 0 Å². The zero-order valence-corrected chi connectivity index (χ0v) is 11.0. The molecule has 0 aliphatic carbocycles. The molecular formula is C12H18N4O2. The molecule has 2 aromatic heterocycles. The second kappa shape index (κ2) is 5.88. The van der Waals surface area contributed by atoms with Gasteiger partial charge in [0.1, 0.15) is 5.52 Å². The zero-order chi connectivity index (χ0) is 13.0. The van der Waals surface area contributed by atoms with Crippen molar-refractivity contribution in [3.05, 3.63) is 18.0 Å². The molecule has 2 rings (SSSR count). The number of nitrogens with zero attached hydrogens (tertiary/aromatic N) is 4. The van der Waals surface area contributed by atoms with Gasteiger partial charge in [-0.25, -0.2) is 4.68 Å².